The fourth-order valence-electron chi connectivity index (χ4n) is 7.91. The van der Waals surface area contributed by atoms with Crippen LogP contribution in [-0.4, -0.2) is 0 Å². The quantitative estimate of drug-likeness (QED) is 0.212. The highest BCUT2D eigenvalue weighted by molar-refractivity contribution is 6.40. The van der Waals surface area contributed by atoms with Crippen LogP contribution in [0.4, 0.5) is 0 Å². The third-order valence-electron chi connectivity index (χ3n) is 9.45. The lowest BCUT2D eigenvalue weighted by atomic mass is 9.72. The van der Waals surface area contributed by atoms with E-state index >= 15 is 0 Å². The molecule has 5 aromatic carbocycles. The monoisotopic (exact) mass is 356 g/mol. The van der Waals surface area contributed by atoms with Crippen LogP contribution in [0.1, 0.15) is 66.8 Å². The fraction of sp³-hybridized carbons (Fsp3) is 0.286. The van der Waals surface area contributed by atoms with Crippen LogP contribution in [0.15, 0.2) is 0 Å². The molecule has 0 aromatic heterocycles. The summed E-state index contributed by atoms with van der Waals surface area (Å²) in [5.41, 5.74) is 19.7. The third kappa shape index (κ3) is 0.981. The molecule has 0 atom stereocenters. The second kappa shape index (κ2) is 3.54. The molecule has 0 saturated carbocycles. The van der Waals surface area contributed by atoms with Gasteiger partial charge in [0.2, 0.25) is 0 Å². The molecule has 0 radical (unpaired) electrons. The van der Waals surface area contributed by atoms with E-state index in [9.17, 15) is 0 Å². The lowest BCUT2D eigenvalue weighted by Gasteiger charge is -2.31. The highest BCUT2D eigenvalue weighted by atomic mass is 14.4. The molecule has 0 unspecified atom stereocenters. The van der Waals surface area contributed by atoms with Gasteiger partial charge in [-0.1, -0.05) is 0 Å². The smallest absolute Gasteiger partial charge is 0.000752 e. The van der Waals surface area contributed by atoms with E-state index in [-0.39, 0.29) is 0 Å². The summed E-state index contributed by atoms with van der Waals surface area (Å²) in [7, 11) is 0. The van der Waals surface area contributed by atoms with Gasteiger partial charge in [0.1, 0.15) is 0 Å². The zero-order chi connectivity index (χ0) is 18.4. The molecule has 9 rings (SSSR count). The molecule has 0 heteroatoms. The molecule has 5 aromatic rings. The SMILES string of the molecule is Cc1c2c3c(c(C)c4c5c6c(c(C)c7c8c(c(C)c9c(c(c1C9)c35)c86)C7)C4)C2. The molecule has 0 spiro atoms. The average Bonchev–Trinajstić information content (AvgIpc) is 3.19. The van der Waals surface area contributed by atoms with Crippen molar-refractivity contribution in [1.82, 2.24) is 0 Å². The van der Waals surface area contributed by atoms with E-state index in [4.69, 9.17) is 0 Å². The zero-order valence-electron chi connectivity index (χ0n) is 16.8. The van der Waals surface area contributed by atoms with Gasteiger partial charge in [0, 0.05) is 0 Å². The van der Waals surface area contributed by atoms with Crippen molar-refractivity contribution in [2.75, 3.05) is 0 Å². The van der Waals surface area contributed by atoms with E-state index < -0.39 is 0 Å². The Labute approximate surface area is 163 Å². The summed E-state index contributed by atoms with van der Waals surface area (Å²) in [6.45, 7) is 9.64. The van der Waals surface area contributed by atoms with Gasteiger partial charge in [0.25, 0.3) is 0 Å². The molecule has 132 valence electrons. The Balaban J connectivity index is 1.80. The second-order valence-corrected chi connectivity index (χ2v) is 10.0. The fourth-order valence-corrected chi connectivity index (χ4v) is 7.91. The van der Waals surface area contributed by atoms with Crippen LogP contribution in [0.5, 0.6) is 0 Å². The maximum Gasteiger partial charge on any atom is -0.000752 e. The Bertz CT molecular complexity index is 1480. The summed E-state index contributed by atoms with van der Waals surface area (Å²) in [6, 6.07) is 0. The summed E-state index contributed by atoms with van der Waals surface area (Å²) in [6.07, 6.45) is 4.75. The maximum atomic E-state index is 2.41. The van der Waals surface area contributed by atoms with Crippen LogP contribution in [0.2, 0.25) is 0 Å². The predicted molar refractivity (Wildman–Crippen MR) is 118 cm³/mol. The van der Waals surface area contributed by atoms with Gasteiger partial charge >= 0.3 is 0 Å². The van der Waals surface area contributed by atoms with Crippen LogP contribution in [0, 0.1) is 27.7 Å². The second-order valence-electron chi connectivity index (χ2n) is 10.0. The summed E-state index contributed by atoms with van der Waals surface area (Å²) in [4.78, 5) is 0. The lowest BCUT2D eigenvalue weighted by Crippen LogP contribution is -2.12. The van der Waals surface area contributed by atoms with E-state index in [0.717, 1.165) is 0 Å². The Morgan fingerprint density at radius 1 is 0.286 bits per heavy atom. The Hall–Kier alpha value is -2.60. The molecule has 0 saturated heterocycles. The van der Waals surface area contributed by atoms with Crippen molar-refractivity contribution in [3.63, 3.8) is 0 Å². The third-order valence-corrected chi connectivity index (χ3v) is 9.45. The van der Waals surface area contributed by atoms with Crippen molar-refractivity contribution in [2.24, 2.45) is 0 Å². The first-order chi connectivity index (χ1) is 13.6. The van der Waals surface area contributed by atoms with Gasteiger partial charge in [-0.05, 0) is 163 Å². The molecular formula is C28H20. The first-order valence-electron chi connectivity index (χ1n) is 10.8. The largest absolute Gasteiger partial charge is 0.0428 e. The van der Waals surface area contributed by atoms with Gasteiger partial charge in [-0.2, -0.15) is 0 Å². The number of benzene rings is 5. The molecule has 0 heterocycles. The van der Waals surface area contributed by atoms with E-state index in [0.29, 0.717) is 0 Å². The van der Waals surface area contributed by atoms with Crippen molar-refractivity contribution >= 4 is 43.1 Å². The summed E-state index contributed by atoms with van der Waals surface area (Å²) < 4.78 is 0. The highest BCUT2D eigenvalue weighted by Gasteiger charge is 2.40. The summed E-state index contributed by atoms with van der Waals surface area (Å²) in [5.74, 6) is 0. The van der Waals surface area contributed by atoms with Crippen LogP contribution >= 0.6 is 0 Å². The molecule has 0 fully saturated rings. The number of rotatable bonds is 0. The Morgan fingerprint density at radius 3 is 0.750 bits per heavy atom. The minimum atomic E-state index is 1.17. The zero-order valence-corrected chi connectivity index (χ0v) is 16.8. The van der Waals surface area contributed by atoms with E-state index in [1.54, 1.807) is 110 Å². The van der Waals surface area contributed by atoms with Crippen LogP contribution in [0.25, 0.3) is 43.1 Å². The van der Waals surface area contributed by atoms with Gasteiger partial charge < -0.3 is 0 Å². The van der Waals surface area contributed by atoms with E-state index in [1.165, 1.54) is 25.7 Å². The molecule has 28 heavy (non-hydrogen) atoms. The minimum Gasteiger partial charge on any atom is -0.0428 e. The maximum absolute atomic E-state index is 2.41. The molecule has 0 amide bonds. The Morgan fingerprint density at radius 2 is 0.500 bits per heavy atom. The van der Waals surface area contributed by atoms with Gasteiger partial charge in [-0.25, -0.2) is 0 Å². The van der Waals surface area contributed by atoms with Crippen LogP contribution < -0.4 is 0 Å². The highest BCUT2D eigenvalue weighted by Crippen LogP contribution is 2.60. The number of hydrogen-bond donors (Lipinski definition) is 0. The first kappa shape index (κ1) is 13.6. The van der Waals surface area contributed by atoms with Crippen molar-refractivity contribution in [2.45, 2.75) is 53.4 Å². The van der Waals surface area contributed by atoms with Gasteiger partial charge in [0.15, 0.2) is 0 Å². The first-order valence-corrected chi connectivity index (χ1v) is 10.8. The van der Waals surface area contributed by atoms with Crippen molar-refractivity contribution in [3.05, 3.63) is 66.8 Å². The van der Waals surface area contributed by atoms with E-state index in [1.807, 2.05) is 0 Å². The van der Waals surface area contributed by atoms with Crippen LogP contribution in [0.3, 0.4) is 0 Å². The normalized spacial score (nSPS) is 16.7. The summed E-state index contributed by atoms with van der Waals surface area (Å²) >= 11 is 0. The summed E-state index contributed by atoms with van der Waals surface area (Å²) in [5, 5.41) is 13.2. The van der Waals surface area contributed by atoms with Gasteiger partial charge in [0.05, 0.1) is 0 Å². The molecular weight excluding hydrogens is 336 g/mol. The van der Waals surface area contributed by atoms with E-state index in [2.05, 4.69) is 27.7 Å². The topological polar surface area (TPSA) is 0 Å². The van der Waals surface area contributed by atoms with Crippen molar-refractivity contribution in [1.29, 1.82) is 0 Å². The standard InChI is InChI=1S/C28H20/c1-9-13-5-14-10(2)19-8-20-12(4)16-6-15-11(3)18-7-17(9)23-24(18)28(22(15)16)26(20)25(19)27(23)21(13)14/h5-8H2,1-4H3. The van der Waals surface area contributed by atoms with Gasteiger partial charge in [-0.15, -0.1) is 0 Å². The predicted octanol–water partition coefficient (Wildman–Crippen LogP) is 6.59. The van der Waals surface area contributed by atoms with Crippen molar-refractivity contribution < 1.29 is 0 Å². The average molecular weight is 356 g/mol. The Kier molecular flexibility index (Phi) is 1.72. The molecule has 4 aliphatic carbocycles. The molecule has 4 aliphatic rings. The molecule has 0 nitrogen and oxygen atoms in total. The van der Waals surface area contributed by atoms with Crippen LogP contribution in [-0.2, 0) is 25.7 Å². The van der Waals surface area contributed by atoms with Crippen molar-refractivity contribution in [3.8, 4) is 0 Å². The van der Waals surface area contributed by atoms with Gasteiger partial charge in [-0.3, -0.25) is 0 Å². The molecule has 0 aliphatic heterocycles. The number of hydrogen-bond acceptors (Lipinski definition) is 0. The minimum absolute atomic E-state index is 1.17. The molecule has 0 N–H and O–H groups in total. The lowest BCUT2D eigenvalue weighted by molar-refractivity contribution is 1.04. The molecule has 0 bridgehead atoms.